The molecule has 25 heavy (non-hydrogen) atoms. The van der Waals surface area contributed by atoms with Gasteiger partial charge in [-0.1, -0.05) is 20.3 Å². The van der Waals surface area contributed by atoms with Crippen molar-refractivity contribution in [1.82, 2.24) is 10.6 Å². The third-order valence-corrected chi connectivity index (χ3v) is 2.33. The lowest BCUT2D eigenvalue weighted by Gasteiger charge is -2.09. The molecule has 2 N–H and O–H groups in total. The van der Waals surface area contributed by atoms with Gasteiger partial charge in [0.2, 0.25) is 12.3 Å². The molecule has 2 amide bonds. The van der Waals surface area contributed by atoms with Crippen molar-refractivity contribution in [2.75, 3.05) is 59.3 Å². The fourth-order valence-electron chi connectivity index (χ4n) is 1.29. The summed E-state index contributed by atoms with van der Waals surface area (Å²) in [4.78, 5) is 21.2. The van der Waals surface area contributed by atoms with Crippen LogP contribution in [0.4, 0.5) is 0 Å². The maximum Gasteiger partial charge on any atom is 0.246 e. The molecule has 0 aliphatic rings. The summed E-state index contributed by atoms with van der Waals surface area (Å²) >= 11 is 0. The van der Waals surface area contributed by atoms with E-state index in [9.17, 15) is 9.59 Å². The molecular formula is C17H36N2O6. The van der Waals surface area contributed by atoms with Crippen molar-refractivity contribution in [3.8, 4) is 0 Å². The third-order valence-electron chi connectivity index (χ3n) is 2.33. The first-order valence-corrected chi connectivity index (χ1v) is 8.86. The van der Waals surface area contributed by atoms with Crippen molar-refractivity contribution >= 4 is 12.3 Å². The van der Waals surface area contributed by atoms with E-state index in [1.807, 2.05) is 13.8 Å². The minimum Gasteiger partial charge on any atom is -0.377 e. The van der Waals surface area contributed by atoms with E-state index in [1.54, 1.807) is 0 Å². The first-order chi connectivity index (χ1) is 12.1. The van der Waals surface area contributed by atoms with E-state index in [0.717, 1.165) is 0 Å². The number of amides is 2. The quantitative estimate of drug-likeness (QED) is 0.310. The van der Waals surface area contributed by atoms with Crippen LogP contribution in [0, 0.1) is 0 Å². The van der Waals surface area contributed by atoms with Crippen LogP contribution in [0.3, 0.4) is 0 Å². The smallest absolute Gasteiger partial charge is 0.246 e. The fraction of sp³-hybridized carbons (Fsp3) is 0.882. The van der Waals surface area contributed by atoms with E-state index in [2.05, 4.69) is 24.5 Å². The van der Waals surface area contributed by atoms with Gasteiger partial charge in [0.25, 0.3) is 0 Å². The number of nitrogens with one attached hydrogen (secondary N) is 2. The Morgan fingerprint density at radius 2 is 1.40 bits per heavy atom. The molecule has 0 bridgehead atoms. The van der Waals surface area contributed by atoms with E-state index in [4.69, 9.17) is 18.9 Å². The van der Waals surface area contributed by atoms with Gasteiger partial charge in [0.15, 0.2) is 0 Å². The van der Waals surface area contributed by atoms with Crippen molar-refractivity contribution in [2.24, 2.45) is 0 Å². The highest BCUT2D eigenvalue weighted by molar-refractivity contribution is 5.77. The van der Waals surface area contributed by atoms with Crippen molar-refractivity contribution < 1.29 is 28.5 Å². The van der Waals surface area contributed by atoms with Gasteiger partial charge < -0.3 is 29.6 Å². The molecule has 0 saturated heterocycles. The Morgan fingerprint density at radius 3 is 1.88 bits per heavy atom. The minimum absolute atomic E-state index is 0.0458. The maximum atomic E-state index is 11.3. The van der Waals surface area contributed by atoms with Crippen LogP contribution < -0.4 is 10.6 Å². The van der Waals surface area contributed by atoms with Gasteiger partial charge in [-0.3, -0.25) is 9.59 Å². The number of carbonyl (C=O) groups is 2. The molecule has 0 aliphatic heterocycles. The lowest BCUT2D eigenvalue weighted by Crippen LogP contribution is -2.31. The largest absolute Gasteiger partial charge is 0.377 e. The van der Waals surface area contributed by atoms with Crippen LogP contribution >= 0.6 is 0 Å². The van der Waals surface area contributed by atoms with Gasteiger partial charge in [0.1, 0.15) is 6.61 Å². The van der Waals surface area contributed by atoms with Crippen LogP contribution in [0.15, 0.2) is 0 Å². The number of rotatable bonds is 16. The second-order valence-electron chi connectivity index (χ2n) is 5.33. The Hall–Kier alpha value is -1.22. The third kappa shape index (κ3) is 27.9. The van der Waals surface area contributed by atoms with Gasteiger partial charge in [-0.15, -0.1) is 0 Å². The van der Waals surface area contributed by atoms with E-state index in [0.29, 0.717) is 59.1 Å². The molecule has 0 rings (SSSR count). The van der Waals surface area contributed by atoms with E-state index in [-0.39, 0.29) is 18.6 Å². The van der Waals surface area contributed by atoms with Crippen LogP contribution in [0.2, 0.25) is 0 Å². The van der Waals surface area contributed by atoms with Crippen molar-refractivity contribution in [3.05, 3.63) is 0 Å². The van der Waals surface area contributed by atoms with Gasteiger partial charge in [0.05, 0.1) is 45.7 Å². The summed E-state index contributed by atoms with van der Waals surface area (Å²) in [7, 11) is 0. The van der Waals surface area contributed by atoms with E-state index < -0.39 is 0 Å². The minimum atomic E-state index is -0.144. The molecule has 0 aromatic carbocycles. The zero-order chi connectivity index (χ0) is 19.2. The Labute approximate surface area is 151 Å². The monoisotopic (exact) mass is 364 g/mol. The molecule has 0 aromatic heterocycles. The summed E-state index contributed by atoms with van der Waals surface area (Å²) in [6.45, 7) is 11.8. The van der Waals surface area contributed by atoms with Crippen LogP contribution in [0.1, 0.15) is 34.1 Å². The fourth-order valence-corrected chi connectivity index (χ4v) is 1.29. The number of carbonyl (C=O) groups excluding carboxylic acids is 2. The van der Waals surface area contributed by atoms with Gasteiger partial charge >= 0.3 is 0 Å². The molecule has 150 valence electrons. The zero-order valence-electron chi connectivity index (χ0n) is 16.2. The highest BCUT2D eigenvalue weighted by atomic mass is 16.5. The summed E-state index contributed by atoms with van der Waals surface area (Å²) in [5, 5.41) is 5.19. The maximum absolute atomic E-state index is 11.3. The molecule has 0 aliphatic carbocycles. The molecule has 0 atom stereocenters. The molecule has 0 radical (unpaired) electrons. The lowest BCUT2D eigenvalue weighted by molar-refractivity contribution is -0.127. The summed E-state index contributed by atoms with van der Waals surface area (Å²) < 4.78 is 20.9. The number of hydrogen-bond donors (Lipinski definition) is 2. The molecule has 8 nitrogen and oxygen atoms in total. The van der Waals surface area contributed by atoms with Gasteiger partial charge in [-0.2, -0.15) is 0 Å². The van der Waals surface area contributed by atoms with Crippen molar-refractivity contribution in [2.45, 2.75) is 40.2 Å². The van der Waals surface area contributed by atoms with Crippen molar-refractivity contribution in [1.29, 1.82) is 0 Å². The highest BCUT2D eigenvalue weighted by Crippen LogP contribution is 1.86. The van der Waals surface area contributed by atoms with E-state index >= 15 is 0 Å². The predicted molar refractivity (Wildman–Crippen MR) is 96.6 cm³/mol. The molecule has 0 saturated carbocycles. The lowest BCUT2D eigenvalue weighted by atomic mass is 10.5. The Kier molecular flexibility index (Phi) is 23.7. The predicted octanol–water partition coefficient (Wildman–Crippen LogP) is 0.740. The molecule has 0 fully saturated rings. The topological polar surface area (TPSA) is 95.1 Å². The van der Waals surface area contributed by atoms with E-state index in [1.165, 1.54) is 6.42 Å². The number of ether oxygens (including phenoxy) is 4. The summed E-state index contributed by atoms with van der Waals surface area (Å²) in [6.07, 6.45) is 1.93. The van der Waals surface area contributed by atoms with Crippen LogP contribution in [-0.2, 0) is 28.5 Å². The number of hydrogen-bond acceptors (Lipinski definition) is 6. The summed E-state index contributed by atoms with van der Waals surface area (Å²) in [6, 6.07) is 0. The first kappa shape index (κ1) is 26.0. The van der Waals surface area contributed by atoms with Gasteiger partial charge in [-0.05, 0) is 13.8 Å². The summed E-state index contributed by atoms with van der Waals surface area (Å²) in [5.41, 5.74) is 0. The Balaban J connectivity index is 0. The average Bonchev–Trinajstić information content (AvgIpc) is 2.58. The second kappa shape index (κ2) is 22.8. The van der Waals surface area contributed by atoms with Crippen LogP contribution in [0.25, 0.3) is 0 Å². The average molecular weight is 364 g/mol. The SMILES string of the molecule is CC(C)OCC(=O)NCCOCCOCCOCCNC=O.CCC. The van der Waals surface area contributed by atoms with Gasteiger partial charge in [-0.25, -0.2) is 0 Å². The first-order valence-electron chi connectivity index (χ1n) is 8.86. The Morgan fingerprint density at radius 1 is 0.920 bits per heavy atom. The molecule has 0 unspecified atom stereocenters. The molecule has 0 aromatic rings. The Bertz CT molecular complexity index is 290. The van der Waals surface area contributed by atoms with Crippen LogP contribution in [-0.4, -0.2) is 77.8 Å². The molecular weight excluding hydrogens is 328 g/mol. The molecule has 0 heterocycles. The summed E-state index contributed by atoms with van der Waals surface area (Å²) in [5.74, 6) is -0.144. The van der Waals surface area contributed by atoms with Crippen molar-refractivity contribution in [3.63, 3.8) is 0 Å². The van der Waals surface area contributed by atoms with Crippen LogP contribution in [0.5, 0.6) is 0 Å². The van der Waals surface area contributed by atoms with Gasteiger partial charge in [0, 0.05) is 13.1 Å². The second-order valence-corrected chi connectivity index (χ2v) is 5.33. The molecule has 0 spiro atoms. The normalized spacial score (nSPS) is 10.1. The highest BCUT2D eigenvalue weighted by Gasteiger charge is 2.02. The zero-order valence-corrected chi connectivity index (χ0v) is 16.2. The standard InChI is InChI=1S/C14H28N2O6.C3H8/c1-13(2)22-11-14(18)16-4-6-20-8-10-21-9-7-19-5-3-15-12-17;1-3-2/h12-13H,3-11H2,1-2H3,(H,15,17)(H,16,18);3H2,1-2H3. The molecule has 8 heteroatoms.